The number of nitrogens with zero attached hydrogens (tertiary/aromatic N) is 4. The second-order valence-corrected chi connectivity index (χ2v) is 5.88. The summed E-state index contributed by atoms with van der Waals surface area (Å²) in [6, 6.07) is 21.1. The van der Waals surface area contributed by atoms with Crippen molar-refractivity contribution in [3.8, 4) is 11.4 Å². The van der Waals surface area contributed by atoms with Crippen molar-refractivity contribution in [3.63, 3.8) is 0 Å². The van der Waals surface area contributed by atoms with Crippen LogP contribution in [0.1, 0.15) is 17.3 Å². The van der Waals surface area contributed by atoms with E-state index >= 15 is 0 Å². The smallest absolute Gasteiger partial charge is 0.255 e. The molecule has 0 unspecified atom stereocenters. The van der Waals surface area contributed by atoms with Crippen LogP contribution in [0.3, 0.4) is 0 Å². The van der Waals surface area contributed by atoms with Crippen LogP contribution in [-0.2, 0) is 6.54 Å². The first-order valence-electron chi connectivity index (χ1n) is 8.42. The molecule has 4 aromatic rings. The lowest BCUT2D eigenvalue weighted by Crippen LogP contribution is -2.12. The van der Waals surface area contributed by atoms with Crippen molar-refractivity contribution in [3.05, 3.63) is 72.3 Å². The van der Waals surface area contributed by atoms with Gasteiger partial charge in [-0.15, -0.1) is 5.10 Å². The molecule has 1 N–H and O–H groups in total. The predicted octanol–water partition coefficient (Wildman–Crippen LogP) is 3.77. The third-order valence-corrected chi connectivity index (χ3v) is 4.25. The minimum absolute atomic E-state index is 0.168. The lowest BCUT2D eigenvalue weighted by atomic mass is 10.1. The van der Waals surface area contributed by atoms with E-state index in [0.717, 1.165) is 22.0 Å². The molecule has 26 heavy (non-hydrogen) atoms. The molecule has 128 valence electrons. The highest BCUT2D eigenvalue weighted by Crippen LogP contribution is 2.24. The highest BCUT2D eigenvalue weighted by molar-refractivity contribution is 6.09. The number of fused-ring (bicyclic) bond motifs is 1. The number of rotatable bonds is 4. The minimum atomic E-state index is -0.168. The Hall–Kier alpha value is -3.54. The summed E-state index contributed by atoms with van der Waals surface area (Å²) in [7, 11) is 0. The fourth-order valence-electron chi connectivity index (χ4n) is 2.95. The van der Waals surface area contributed by atoms with Crippen molar-refractivity contribution in [1.29, 1.82) is 0 Å². The number of anilines is 1. The van der Waals surface area contributed by atoms with Gasteiger partial charge < -0.3 is 5.32 Å². The molecule has 6 heteroatoms. The van der Waals surface area contributed by atoms with Crippen LogP contribution in [0.25, 0.3) is 22.2 Å². The zero-order chi connectivity index (χ0) is 17.9. The van der Waals surface area contributed by atoms with E-state index in [1.54, 1.807) is 16.8 Å². The number of nitrogens with one attached hydrogen (secondary N) is 1. The topological polar surface area (TPSA) is 72.7 Å². The maximum Gasteiger partial charge on any atom is 0.255 e. The lowest BCUT2D eigenvalue weighted by Gasteiger charge is -2.09. The van der Waals surface area contributed by atoms with E-state index in [9.17, 15) is 4.79 Å². The van der Waals surface area contributed by atoms with Crippen LogP contribution in [0.4, 0.5) is 5.69 Å². The summed E-state index contributed by atoms with van der Waals surface area (Å²) in [4.78, 5) is 12.8. The zero-order valence-electron chi connectivity index (χ0n) is 14.3. The van der Waals surface area contributed by atoms with Crippen LogP contribution in [0.15, 0.2) is 66.7 Å². The molecule has 0 aliphatic rings. The molecular weight excluding hydrogens is 326 g/mol. The van der Waals surface area contributed by atoms with E-state index in [-0.39, 0.29) is 5.91 Å². The molecule has 1 amide bonds. The predicted molar refractivity (Wildman–Crippen MR) is 101 cm³/mol. The summed E-state index contributed by atoms with van der Waals surface area (Å²) in [5.41, 5.74) is 2.15. The van der Waals surface area contributed by atoms with Gasteiger partial charge in [-0.3, -0.25) is 4.79 Å². The summed E-state index contributed by atoms with van der Waals surface area (Å²) in [6.07, 6.45) is 0. The molecule has 6 nitrogen and oxygen atoms in total. The number of aromatic nitrogens is 4. The fourth-order valence-corrected chi connectivity index (χ4v) is 2.95. The van der Waals surface area contributed by atoms with Gasteiger partial charge in [0.15, 0.2) is 5.82 Å². The molecule has 0 spiro atoms. The van der Waals surface area contributed by atoms with Gasteiger partial charge >= 0.3 is 0 Å². The Kier molecular flexibility index (Phi) is 4.15. The van der Waals surface area contributed by atoms with Crippen LogP contribution in [0.5, 0.6) is 0 Å². The first-order valence-corrected chi connectivity index (χ1v) is 8.42. The highest BCUT2D eigenvalue weighted by Gasteiger charge is 2.12. The number of hydrogen-bond acceptors (Lipinski definition) is 4. The Balaban J connectivity index is 1.66. The molecule has 1 aromatic heterocycles. The first-order chi connectivity index (χ1) is 12.8. The molecule has 1 heterocycles. The molecule has 0 bridgehead atoms. The summed E-state index contributed by atoms with van der Waals surface area (Å²) in [5.74, 6) is 0.478. The van der Waals surface area contributed by atoms with E-state index in [4.69, 9.17) is 0 Å². The van der Waals surface area contributed by atoms with Crippen LogP contribution < -0.4 is 5.32 Å². The average molecular weight is 343 g/mol. The van der Waals surface area contributed by atoms with Gasteiger partial charge in [-0.2, -0.15) is 0 Å². The molecule has 0 aliphatic carbocycles. The van der Waals surface area contributed by atoms with E-state index in [0.29, 0.717) is 17.9 Å². The molecule has 3 aromatic carbocycles. The molecule has 0 aliphatic heterocycles. The van der Waals surface area contributed by atoms with Crippen molar-refractivity contribution >= 4 is 22.4 Å². The Bertz CT molecular complexity index is 1080. The standard InChI is InChI=1S/C20H17N5O/c1-2-25-19(22-23-24-25)15-9-5-10-16(13-15)20(26)21-18-12-6-8-14-7-3-4-11-17(14)18/h3-13H,2H2,1H3,(H,21,26). The maximum atomic E-state index is 12.8. The van der Waals surface area contributed by atoms with Gasteiger partial charge in [0, 0.05) is 28.7 Å². The minimum Gasteiger partial charge on any atom is -0.321 e. The molecule has 0 saturated carbocycles. The maximum absolute atomic E-state index is 12.8. The van der Waals surface area contributed by atoms with E-state index < -0.39 is 0 Å². The summed E-state index contributed by atoms with van der Waals surface area (Å²) in [5, 5.41) is 16.8. The zero-order valence-corrected chi connectivity index (χ0v) is 14.3. The van der Waals surface area contributed by atoms with Gasteiger partial charge in [0.1, 0.15) is 0 Å². The molecular formula is C20H17N5O. The SMILES string of the molecule is CCn1nnnc1-c1cccc(C(=O)Nc2cccc3ccccc23)c1. The molecule has 0 radical (unpaired) electrons. The number of hydrogen-bond donors (Lipinski definition) is 1. The van der Waals surface area contributed by atoms with Crippen molar-refractivity contribution in [2.75, 3.05) is 5.32 Å². The van der Waals surface area contributed by atoms with Gasteiger partial charge in [-0.1, -0.05) is 48.5 Å². The Morgan fingerprint density at radius 1 is 1.04 bits per heavy atom. The average Bonchev–Trinajstić information content (AvgIpc) is 3.17. The third-order valence-electron chi connectivity index (χ3n) is 4.25. The quantitative estimate of drug-likeness (QED) is 0.612. The number of benzene rings is 3. The van der Waals surface area contributed by atoms with Crippen molar-refractivity contribution < 1.29 is 4.79 Å². The Morgan fingerprint density at radius 2 is 1.85 bits per heavy atom. The molecule has 0 saturated heterocycles. The van der Waals surface area contributed by atoms with Crippen LogP contribution in [0.2, 0.25) is 0 Å². The Labute approximate surface area is 150 Å². The normalized spacial score (nSPS) is 10.8. The summed E-state index contributed by atoms with van der Waals surface area (Å²) < 4.78 is 1.70. The van der Waals surface area contributed by atoms with E-state index in [2.05, 4.69) is 20.8 Å². The highest BCUT2D eigenvalue weighted by atomic mass is 16.1. The molecule has 4 rings (SSSR count). The van der Waals surface area contributed by atoms with Crippen LogP contribution in [-0.4, -0.2) is 26.1 Å². The van der Waals surface area contributed by atoms with Gasteiger partial charge in [0.25, 0.3) is 5.91 Å². The number of aryl methyl sites for hydroxylation is 1. The molecule has 0 atom stereocenters. The summed E-state index contributed by atoms with van der Waals surface area (Å²) >= 11 is 0. The number of tetrazole rings is 1. The lowest BCUT2D eigenvalue weighted by molar-refractivity contribution is 0.102. The van der Waals surface area contributed by atoms with Crippen molar-refractivity contribution in [2.24, 2.45) is 0 Å². The van der Waals surface area contributed by atoms with Crippen LogP contribution in [0, 0.1) is 0 Å². The molecule has 0 fully saturated rings. The number of carbonyl (C=O) groups excluding carboxylic acids is 1. The first kappa shape index (κ1) is 16.0. The Morgan fingerprint density at radius 3 is 2.73 bits per heavy atom. The van der Waals surface area contributed by atoms with Gasteiger partial charge in [-0.25, -0.2) is 4.68 Å². The van der Waals surface area contributed by atoms with Gasteiger partial charge in [-0.05, 0) is 40.9 Å². The fraction of sp³-hybridized carbons (Fsp3) is 0.100. The van der Waals surface area contributed by atoms with Gasteiger partial charge in [0.2, 0.25) is 0 Å². The monoisotopic (exact) mass is 343 g/mol. The third kappa shape index (κ3) is 2.93. The van der Waals surface area contributed by atoms with Crippen molar-refractivity contribution in [1.82, 2.24) is 20.2 Å². The van der Waals surface area contributed by atoms with Crippen LogP contribution >= 0.6 is 0 Å². The van der Waals surface area contributed by atoms with Crippen molar-refractivity contribution in [2.45, 2.75) is 13.5 Å². The number of carbonyl (C=O) groups is 1. The van der Waals surface area contributed by atoms with E-state index in [1.165, 1.54) is 0 Å². The number of amides is 1. The van der Waals surface area contributed by atoms with E-state index in [1.807, 2.05) is 61.5 Å². The largest absolute Gasteiger partial charge is 0.321 e. The summed E-state index contributed by atoms with van der Waals surface area (Å²) in [6.45, 7) is 2.63. The van der Waals surface area contributed by atoms with Gasteiger partial charge in [0.05, 0.1) is 0 Å². The second-order valence-electron chi connectivity index (χ2n) is 5.88. The second kappa shape index (κ2) is 6.76.